The molecule has 0 spiro atoms. The number of hydrogen-bond donors (Lipinski definition) is 1. The lowest BCUT2D eigenvalue weighted by molar-refractivity contribution is -0.143. The van der Waals surface area contributed by atoms with Crippen molar-refractivity contribution in [3.05, 3.63) is 0 Å². The topological polar surface area (TPSA) is 49.8 Å². The van der Waals surface area contributed by atoms with Crippen LogP contribution in [0.2, 0.25) is 0 Å². The standard InChI is InChI=1S/C13H25NO3/c1-5-11(12(15)16)14-7-10(8-17-6-2)13(3,4)9-14/h10-11H,5-9H2,1-4H3,(H,15,16). The molecule has 1 fully saturated rings. The van der Waals surface area contributed by atoms with E-state index in [0.717, 1.165) is 26.3 Å². The Morgan fingerprint density at radius 1 is 1.53 bits per heavy atom. The Labute approximate surface area is 104 Å². The number of carboxylic acids is 1. The Bertz CT molecular complexity index is 265. The number of hydrogen-bond acceptors (Lipinski definition) is 3. The molecule has 1 heterocycles. The van der Waals surface area contributed by atoms with Gasteiger partial charge in [-0.05, 0) is 18.8 Å². The molecule has 0 amide bonds. The Morgan fingerprint density at radius 2 is 2.18 bits per heavy atom. The Morgan fingerprint density at radius 3 is 2.65 bits per heavy atom. The minimum atomic E-state index is -0.708. The van der Waals surface area contributed by atoms with Gasteiger partial charge in [0.15, 0.2) is 0 Å². The highest BCUT2D eigenvalue weighted by Crippen LogP contribution is 2.36. The molecule has 4 nitrogen and oxygen atoms in total. The third-order valence-electron chi connectivity index (χ3n) is 3.81. The molecule has 1 aliphatic rings. The van der Waals surface area contributed by atoms with Gasteiger partial charge >= 0.3 is 5.97 Å². The molecule has 0 bridgehead atoms. The summed E-state index contributed by atoms with van der Waals surface area (Å²) in [5, 5.41) is 9.19. The zero-order chi connectivity index (χ0) is 13.1. The molecular weight excluding hydrogens is 218 g/mol. The van der Waals surface area contributed by atoms with E-state index < -0.39 is 5.97 Å². The highest BCUT2D eigenvalue weighted by atomic mass is 16.5. The van der Waals surface area contributed by atoms with Crippen LogP contribution in [0.15, 0.2) is 0 Å². The summed E-state index contributed by atoms with van der Waals surface area (Å²) >= 11 is 0. The van der Waals surface area contributed by atoms with Crippen LogP contribution < -0.4 is 0 Å². The van der Waals surface area contributed by atoms with Crippen LogP contribution >= 0.6 is 0 Å². The van der Waals surface area contributed by atoms with Crippen molar-refractivity contribution < 1.29 is 14.6 Å². The predicted octanol–water partition coefficient (Wildman–Crippen LogP) is 1.84. The quantitative estimate of drug-likeness (QED) is 0.773. The molecular formula is C13H25NO3. The molecule has 2 atom stereocenters. The largest absolute Gasteiger partial charge is 0.480 e. The summed E-state index contributed by atoms with van der Waals surface area (Å²) in [6, 6.07) is -0.346. The molecule has 0 saturated carbocycles. The van der Waals surface area contributed by atoms with Crippen LogP contribution in [0.5, 0.6) is 0 Å². The van der Waals surface area contributed by atoms with E-state index in [-0.39, 0.29) is 11.5 Å². The van der Waals surface area contributed by atoms with E-state index in [0.29, 0.717) is 12.3 Å². The molecule has 0 aromatic carbocycles. The van der Waals surface area contributed by atoms with E-state index in [9.17, 15) is 9.90 Å². The van der Waals surface area contributed by atoms with Gasteiger partial charge in [-0.25, -0.2) is 0 Å². The number of nitrogens with zero attached hydrogens (tertiary/aromatic N) is 1. The van der Waals surface area contributed by atoms with Crippen LogP contribution in [-0.4, -0.2) is 48.3 Å². The van der Waals surface area contributed by atoms with Crippen molar-refractivity contribution in [3.8, 4) is 0 Å². The van der Waals surface area contributed by atoms with Crippen LogP contribution in [0, 0.1) is 11.3 Å². The average Bonchev–Trinajstić information content (AvgIpc) is 2.51. The monoisotopic (exact) mass is 243 g/mol. The molecule has 1 N–H and O–H groups in total. The van der Waals surface area contributed by atoms with Gasteiger partial charge in [-0.1, -0.05) is 20.8 Å². The van der Waals surface area contributed by atoms with E-state index >= 15 is 0 Å². The lowest BCUT2D eigenvalue weighted by Gasteiger charge is -2.26. The number of ether oxygens (including phenoxy) is 1. The summed E-state index contributed by atoms with van der Waals surface area (Å²) in [4.78, 5) is 13.3. The van der Waals surface area contributed by atoms with Gasteiger partial charge in [0.05, 0.1) is 6.61 Å². The van der Waals surface area contributed by atoms with Crippen LogP contribution in [0.1, 0.15) is 34.1 Å². The molecule has 1 aliphatic heterocycles. The van der Waals surface area contributed by atoms with Crippen molar-refractivity contribution in [3.63, 3.8) is 0 Å². The maximum absolute atomic E-state index is 11.2. The summed E-state index contributed by atoms with van der Waals surface area (Å²) in [6.07, 6.45) is 0.659. The SMILES string of the molecule is CCOCC1CN(C(CC)C(=O)O)CC1(C)C. The highest BCUT2D eigenvalue weighted by molar-refractivity contribution is 5.73. The fraction of sp³-hybridized carbons (Fsp3) is 0.923. The van der Waals surface area contributed by atoms with Crippen molar-refractivity contribution in [2.45, 2.75) is 40.2 Å². The summed E-state index contributed by atoms with van der Waals surface area (Å²) in [7, 11) is 0. The highest BCUT2D eigenvalue weighted by Gasteiger charge is 2.42. The number of likely N-dealkylation sites (tertiary alicyclic amines) is 1. The van der Waals surface area contributed by atoms with Crippen LogP contribution in [0.4, 0.5) is 0 Å². The van der Waals surface area contributed by atoms with Gasteiger partial charge in [-0.15, -0.1) is 0 Å². The van der Waals surface area contributed by atoms with Gasteiger partial charge in [0.2, 0.25) is 0 Å². The molecule has 0 aromatic rings. The fourth-order valence-corrected chi connectivity index (χ4v) is 2.61. The van der Waals surface area contributed by atoms with Crippen LogP contribution in [0.3, 0.4) is 0 Å². The van der Waals surface area contributed by atoms with Gasteiger partial charge < -0.3 is 9.84 Å². The second-order valence-corrected chi connectivity index (χ2v) is 5.54. The first kappa shape index (κ1) is 14.5. The fourth-order valence-electron chi connectivity index (χ4n) is 2.61. The average molecular weight is 243 g/mol. The van der Waals surface area contributed by atoms with Gasteiger partial charge in [0.25, 0.3) is 0 Å². The maximum atomic E-state index is 11.2. The lowest BCUT2D eigenvalue weighted by atomic mass is 9.83. The van der Waals surface area contributed by atoms with E-state index in [1.165, 1.54) is 0 Å². The lowest BCUT2D eigenvalue weighted by Crippen LogP contribution is -2.40. The van der Waals surface area contributed by atoms with Crippen LogP contribution in [-0.2, 0) is 9.53 Å². The van der Waals surface area contributed by atoms with Crippen molar-refractivity contribution in [1.82, 2.24) is 4.90 Å². The third kappa shape index (κ3) is 3.42. The predicted molar refractivity (Wildman–Crippen MR) is 67.1 cm³/mol. The Hall–Kier alpha value is -0.610. The van der Waals surface area contributed by atoms with E-state index in [4.69, 9.17) is 4.74 Å². The van der Waals surface area contributed by atoms with E-state index in [1.54, 1.807) is 0 Å². The molecule has 100 valence electrons. The Kier molecular flexibility index (Phi) is 4.95. The second kappa shape index (κ2) is 5.83. The maximum Gasteiger partial charge on any atom is 0.320 e. The third-order valence-corrected chi connectivity index (χ3v) is 3.81. The molecule has 1 rings (SSSR count). The van der Waals surface area contributed by atoms with E-state index in [1.807, 2.05) is 13.8 Å². The number of carbonyl (C=O) groups is 1. The zero-order valence-corrected chi connectivity index (χ0v) is 11.4. The Balaban J connectivity index is 2.65. The summed E-state index contributed by atoms with van der Waals surface area (Å²) in [5.41, 5.74) is 0.137. The number of carboxylic acid groups (broad SMARTS) is 1. The molecule has 1 saturated heterocycles. The summed E-state index contributed by atoms with van der Waals surface area (Å²) in [6.45, 7) is 11.5. The molecule has 17 heavy (non-hydrogen) atoms. The smallest absolute Gasteiger partial charge is 0.320 e. The molecule has 0 aromatic heterocycles. The first-order valence-electron chi connectivity index (χ1n) is 6.47. The summed E-state index contributed by atoms with van der Waals surface area (Å²) < 4.78 is 5.50. The summed E-state index contributed by atoms with van der Waals surface area (Å²) in [5.74, 6) is -0.281. The van der Waals surface area contributed by atoms with E-state index in [2.05, 4.69) is 18.7 Å². The molecule has 0 aliphatic carbocycles. The van der Waals surface area contributed by atoms with Crippen molar-refractivity contribution in [1.29, 1.82) is 0 Å². The number of aliphatic carboxylic acids is 1. The second-order valence-electron chi connectivity index (χ2n) is 5.54. The molecule has 2 unspecified atom stereocenters. The van der Waals surface area contributed by atoms with Crippen LogP contribution in [0.25, 0.3) is 0 Å². The van der Waals surface area contributed by atoms with Gasteiger partial charge in [-0.3, -0.25) is 9.69 Å². The first-order valence-corrected chi connectivity index (χ1v) is 6.47. The molecule has 4 heteroatoms. The van der Waals surface area contributed by atoms with Gasteiger partial charge in [-0.2, -0.15) is 0 Å². The zero-order valence-electron chi connectivity index (χ0n) is 11.4. The normalized spacial score (nSPS) is 26.0. The minimum Gasteiger partial charge on any atom is -0.480 e. The molecule has 0 radical (unpaired) electrons. The van der Waals surface area contributed by atoms with Gasteiger partial charge in [0.1, 0.15) is 6.04 Å². The van der Waals surface area contributed by atoms with Crippen molar-refractivity contribution >= 4 is 5.97 Å². The number of rotatable bonds is 6. The van der Waals surface area contributed by atoms with Crippen molar-refractivity contribution in [2.24, 2.45) is 11.3 Å². The minimum absolute atomic E-state index is 0.137. The van der Waals surface area contributed by atoms with Crippen molar-refractivity contribution in [2.75, 3.05) is 26.3 Å². The van der Waals surface area contributed by atoms with Gasteiger partial charge in [0, 0.05) is 25.6 Å². The first-order chi connectivity index (χ1) is 7.92.